The molecule has 1 aromatic rings. The van der Waals surface area contributed by atoms with E-state index < -0.39 is 45.9 Å². The van der Waals surface area contributed by atoms with E-state index in [9.17, 15) is 30.3 Å². The summed E-state index contributed by atoms with van der Waals surface area (Å²) >= 11 is 0. The van der Waals surface area contributed by atoms with Gasteiger partial charge in [-0.25, -0.2) is 0 Å². The number of carbonyl (C=O) groups excluding carboxylic acids is 1. The fraction of sp³-hybridized carbons (Fsp3) is 0.711. The first-order chi connectivity index (χ1) is 25.4. The Kier molecular flexibility index (Phi) is 9.23. The number of Topliss-reactive ketones (excluding diaryl/α,β-unsaturated/α-hetero) is 1. The van der Waals surface area contributed by atoms with Crippen molar-refractivity contribution in [3.63, 3.8) is 0 Å². The number of aliphatic hydroxyl groups excluding tert-OH is 2. The maximum atomic E-state index is 14.6. The minimum atomic E-state index is -1.46. The van der Waals surface area contributed by atoms with Gasteiger partial charge in [0.2, 0.25) is 0 Å². The second kappa shape index (κ2) is 13.0. The highest BCUT2D eigenvalue weighted by atomic mass is 16.6. The largest absolute Gasteiger partial charge is 0.396 e. The average molecular weight is 745 g/mol. The summed E-state index contributed by atoms with van der Waals surface area (Å²) in [6.45, 7) is 10.2. The highest BCUT2D eigenvalue weighted by molar-refractivity contribution is 6.00. The van der Waals surface area contributed by atoms with Crippen LogP contribution in [0.4, 0.5) is 0 Å². The first-order valence-electron chi connectivity index (χ1n) is 20.8. The molecule has 8 rings (SSSR count). The summed E-state index contributed by atoms with van der Waals surface area (Å²) in [5.74, 6) is 0.178. The van der Waals surface area contributed by atoms with Crippen LogP contribution in [-0.2, 0) is 16.0 Å². The zero-order valence-electron chi connectivity index (χ0n) is 33.0. The normalized spacial score (nSPS) is 43.0. The summed E-state index contributed by atoms with van der Waals surface area (Å²) in [6, 6.07) is 10.5. The van der Waals surface area contributed by atoms with E-state index >= 15 is 0 Å². The van der Waals surface area contributed by atoms with Crippen LogP contribution in [0.2, 0.25) is 0 Å². The number of epoxide rings is 1. The van der Waals surface area contributed by atoms with E-state index in [1.54, 1.807) is 6.92 Å². The molecule has 54 heavy (non-hydrogen) atoms. The number of fused-ring (bicyclic) bond motifs is 2. The predicted octanol–water partition coefficient (Wildman–Crippen LogP) is 4.85. The molecule has 0 aromatic heterocycles. The molecule has 9 nitrogen and oxygen atoms in total. The number of allylic oxidation sites excluding steroid dienone is 3. The number of aryl methyl sites for hydroxylation is 1. The maximum Gasteiger partial charge on any atom is 0.162 e. The number of rotatable bonds is 11. The van der Waals surface area contributed by atoms with Crippen molar-refractivity contribution in [1.29, 1.82) is 0 Å². The summed E-state index contributed by atoms with van der Waals surface area (Å²) in [5, 5.41) is 63.4. The Morgan fingerprint density at radius 2 is 1.78 bits per heavy atom. The van der Waals surface area contributed by atoms with Crippen LogP contribution in [0.1, 0.15) is 104 Å². The standard InChI is InChI=1S/C45H64N2O7/c1-40(25-48,18-15-27-17-20-47-34(46)21-27)44(5,52)39-38(54-39)43(4,51)33-22-29-13-14-31-36-35(41(2)19-16-30(49)23-32(41)37(31)50)28(24-42(33,3)45(29,36)53)12-11-26-9-7-6-8-10-26/h6-10,17,21,28-30,32-33,35,38-39,47-49,51-53H,11-16,18-20,22-25,46H2,1-5H3. The third-order valence-electron chi connectivity index (χ3n) is 16.9. The van der Waals surface area contributed by atoms with E-state index in [-0.39, 0.29) is 47.4 Å². The molecule has 1 saturated heterocycles. The van der Waals surface area contributed by atoms with Crippen LogP contribution in [0.15, 0.2) is 65.0 Å². The zero-order chi connectivity index (χ0) is 38.6. The molecule has 0 bridgehead atoms. The quantitative estimate of drug-likeness (QED) is 0.157. The molecule has 14 unspecified atom stereocenters. The Morgan fingerprint density at radius 3 is 2.48 bits per heavy atom. The lowest BCUT2D eigenvalue weighted by Gasteiger charge is -2.65. The SMILES string of the molecule is CC(O)(C1OC1C(C)(O)C(C)(CO)CCC1=CCNC(N)=C1)C1CC2CCC3=C4C(C(CCc5ccccc5)CC1(C)C42O)C1(C)CCC(O)CC1C3=O. The number of hydrogen-bond acceptors (Lipinski definition) is 9. The van der Waals surface area contributed by atoms with Crippen LogP contribution in [0.5, 0.6) is 0 Å². The minimum absolute atomic E-state index is 0.0205. The fourth-order valence-electron chi connectivity index (χ4n) is 13.4. The van der Waals surface area contributed by atoms with Gasteiger partial charge in [-0.3, -0.25) is 4.79 Å². The molecule has 0 spiro atoms. The number of hydrogen-bond donors (Lipinski definition) is 7. The first-order valence-corrected chi connectivity index (χ1v) is 20.8. The highest BCUT2D eigenvalue weighted by Crippen LogP contribution is 2.75. The summed E-state index contributed by atoms with van der Waals surface area (Å²) in [4.78, 5) is 14.6. The third-order valence-corrected chi connectivity index (χ3v) is 16.9. The Morgan fingerprint density at radius 1 is 1.04 bits per heavy atom. The van der Waals surface area contributed by atoms with Crippen molar-refractivity contribution in [2.24, 2.45) is 51.6 Å². The molecule has 14 atom stereocenters. The number of aliphatic hydroxyl groups is 5. The summed E-state index contributed by atoms with van der Waals surface area (Å²) < 4.78 is 6.37. The predicted molar refractivity (Wildman–Crippen MR) is 206 cm³/mol. The molecule has 7 aliphatic rings. The lowest BCUT2D eigenvalue weighted by atomic mass is 9.40. The van der Waals surface area contributed by atoms with Crippen LogP contribution in [0.3, 0.4) is 0 Å². The molecule has 2 heterocycles. The first kappa shape index (κ1) is 38.3. The molecule has 8 N–H and O–H groups in total. The van der Waals surface area contributed by atoms with Crippen molar-refractivity contribution in [1.82, 2.24) is 5.32 Å². The Bertz CT molecular complexity index is 1750. The second-order valence-electron chi connectivity index (χ2n) is 19.7. The maximum absolute atomic E-state index is 14.6. The van der Waals surface area contributed by atoms with E-state index in [0.717, 1.165) is 36.0 Å². The molecule has 0 radical (unpaired) electrons. The van der Waals surface area contributed by atoms with Crippen LogP contribution in [0.25, 0.3) is 0 Å². The van der Waals surface area contributed by atoms with Gasteiger partial charge in [-0.1, -0.05) is 57.2 Å². The molecule has 296 valence electrons. The van der Waals surface area contributed by atoms with Gasteiger partial charge in [0.15, 0.2) is 5.78 Å². The van der Waals surface area contributed by atoms with Gasteiger partial charge in [0, 0.05) is 23.3 Å². The Hall–Kier alpha value is -2.53. The topological polar surface area (TPSA) is 169 Å². The fourth-order valence-corrected chi connectivity index (χ4v) is 13.4. The smallest absolute Gasteiger partial charge is 0.162 e. The molecule has 5 aliphatic carbocycles. The molecule has 0 amide bonds. The lowest BCUT2D eigenvalue weighted by molar-refractivity contribution is -0.177. The van der Waals surface area contributed by atoms with Crippen molar-refractivity contribution < 1.29 is 35.1 Å². The van der Waals surface area contributed by atoms with E-state index in [0.29, 0.717) is 63.7 Å². The van der Waals surface area contributed by atoms with Crippen LogP contribution in [-0.4, -0.2) is 79.6 Å². The van der Waals surface area contributed by atoms with Crippen LogP contribution >= 0.6 is 0 Å². The number of dihydropyridines is 1. The van der Waals surface area contributed by atoms with Crippen molar-refractivity contribution >= 4 is 5.78 Å². The van der Waals surface area contributed by atoms with Gasteiger partial charge in [0.05, 0.1) is 35.3 Å². The highest BCUT2D eigenvalue weighted by Gasteiger charge is 2.77. The number of ketones is 1. The molecule has 1 aromatic carbocycles. The monoisotopic (exact) mass is 744 g/mol. The number of ether oxygens (including phenoxy) is 1. The minimum Gasteiger partial charge on any atom is -0.396 e. The second-order valence-corrected chi connectivity index (χ2v) is 19.7. The number of nitrogens with one attached hydrogen (secondary N) is 1. The summed E-state index contributed by atoms with van der Waals surface area (Å²) in [5.41, 5.74) is 3.92. The van der Waals surface area contributed by atoms with Gasteiger partial charge in [0.25, 0.3) is 0 Å². The van der Waals surface area contributed by atoms with Crippen LogP contribution in [0, 0.1) is 45.8 Å². The van der Waals surface area contributed by atoms with Gasteiger partial charge in [-0.05, 0) is 142 Å². The van der Waals surface area contributed by atoms with E-state index in [4.69, 9.17) is 10.5 Å². The molecular weight excluding hydrogens is 681 g/mol. The van der Waals surface area contributed by atoms with Gasteiger partial charge in [-0.15, -0.1) is 0 Å². The molecule has 4 fully saturated rings. The summed E-state index contributed by atoms with van der Waals surface area (Å²) in [6.07, 6.45) is 9.47. The third kappa shape index (κ3) is 5.49. The van der Waals surface area contributed by atoms with Crippen molar-refractivity contribution in [2.75, 3.05) is 13.2 Å². The Labute approximate surface area is 321 Å². The molecule has 3 saturated carbocycles. The van der Waals surface area contributed by atoms with E-state index in [2.05, 4.69) is 49.5 Å². The molecule has 9 heteroatoms. The van der Waals surface area contributed by atoms with Crippen LogP contribution < -0.4 is 11.1 Å². The lowest BCUT2D eigenvalue weighted by Crippen LogP contribution is -2.66. The van der Waals surface area contributed by atoms with Crippen molar-refractivity contribution in [3.05, 3.63) is 70.6 Å². The number of carbonyl (C=O) groups is 1. The number of benzene rings is 1. The van der Waals surface area contributed by atoms with E-state index in [1.165, 1.54) is 5.56 Å². The van der Waals surface area contributed by atoms with Gasteiger partial charge in [-0.2, -0.15) is 0 Å². The van der Waals surface area contributed by atoms with Crippen molar-refractivity contribution in [2.45, 2.75) is 140 Å². The Balaban J connectivity index is 1.13. The van der Waals surface area contributed by atoms with Crippen molar-refractivity contribution in [3.8, 4) is 0 Å². The average Bonchev–Trinajstić information content (AvgIpc) is 3.93. The molecule has 2 aliphatic heterocycles. The van der Waals surface area contributed by atoms with Gasteiger partial charge < -0.3 is 41.3 Å². The number of nitrogens with two attached hydrogens (primary N) is 1. The van der Waals surface area contributed by atoms with E-state index in [1.807, 2.05) is 26.0 Å². The molecular formula is C45H64N2O7. The zero-order valence-corrected chi connectivity index (χ0v) is 33.0. The van der Waals surface area contributed by atoms with Gasteiger partial charge in [0.1, 0.15) is 12.2 Å². The van der Waals surface area contributed by atoms with Gasteiger partial charge >= 0.3 is 0 Å². The summed E-state index contributed by atoms with van der Waals surface area (Å²) in [7, 11) is 0.